The Morgan fingerprint density at radius 2 is 2.17 bits per heavy atom. The number of hydrogen-bond donors (Lipinski definition) is 0. The molecule has 1 aliphatic heterocycles. The van der Waals surface area contributed by atoms with Crippen LogP contribution in [-0.2, 0) is 11.3 Å². The van der Waals surface area contributed by atoms with Gasteiger partial charge in [0, 0.05) is 31.0 Å². The predicted molar refractivity (Wildman–Crippen MR) is 91.8 cm³/mol. The number of rotatable bonds is 4. The SMILES string of the molecule is CCn1ccc(=O)nc1S[C@H]1CCCN(c2cccc(F)c2)C1=O. The first kappa shape index (κ1) is 16.7. The molecule has 1 aromatic heterocycles. The Labute approximate surface area is 143 Å². The highest BCUT2D eigenvalue weighted by Crippen LogP contribution is 2.31. The Bertz CT molecular complexity index is 808. The predicted octanol–water partition coefficient (Wildman–Crippen LogP) is 2.69. The fourth-order valence-electron chi connectivity index (χ4n) is 2.73. The van der Waals surface area contributed by atoms with E-state index in [1.54, 1.807) is 23.2 Å². The quantitative estimate of drug-likeness (QED) is 0.798. The Hall–Kier alpha value is -2.15. The number of amides is 1. The minimum atomic E-state index is -0.361. The first-order chi connectivity index (χ1) is 11.6. The van der Waals surface area contributed by atoms with Crippen molar-refractivity contribution < 1.29 is 9.18 Å². The van der Waals surface area contributed by atoms with Crippen LogP contribution in [0.2, 0.25) is 0 Å². The number of hydrogen-bond acceptors (Lipinski definition) is 4. The van der Waals surface area contributed by atoms with Gasteiger partial charge in [0.2, 0.25) is 5.91 Å². The van der Waals surface area contributed by atoms with Gasteiger partial charge in [-0.3, -0.25) is 9.59 Å². The van der Waals surface area contributed by atoms with E-state index < -0.39 is 0 Å². The Kier molecular flexibility index (Phi) is 4.99. The van der Waals surface area contributed by atoms with E-state index in [1.165, 1.54) is 30.0 Å². The second-order valence-corrected chi connectivity index (χ2v) is 6.72. The van der Waals surface area contributed by atoms with E-state index in [0.717, 1.165) is 6.42 Å². The smallest absolute Gasteiger partial charge is 0.273 e. The number of benzene rings is 1. The van der Waals surface area contributed by atoms with E-state index in [4.69, 9.17) is 0 Å². The molecule has 0 saturated carbocycles. The molecule has 2 heterocycles. The van der Waals surface area contributed by atoms with Gasteiger partial charge in [0.1, 0.15) is 5.82 Å². The van der Waals surface area contributed by atoms with Gasteiger partial charge in [-0.05, 0) is 38.0 Å². The van der Waals surface area contributed by atoms with Crippen molar-refractivity contribution in [2.24, 2.45) is 0 Å². The first-order valence-electron chi connectivity index (χ1n) is 7.89. The molecule has 0 aliphatic carbocycles. The molecule has 2 aromatic rings. The zero-order valence-corrected chi connectivity index (χ0v) is 14.1. The summed E-state index contributed by atoms with van der Waals surface area (Å²) in [4.78, 5) is 30.0. The summed E-state index contributed by atoms with van der Waals surface area (Å²) in [6.07, 6.45) is 3.22. The van der Waals surface area contributed by atoms with E-state index in [-0.39, 0.29) is 22.5 Å². The minimum absolute atomic E-state index is 0.0717. The topological polar surface area (TPSA) is 55.2 Å². The van der Waals surface area contributed by atoms with Gasteiger partial charge < -0.3 is 9.47 Å². The average Bonchev–Trinajstić information content (AvgIpc) is 2.57. The Morgan fingerprint density at radius 3 is 2.92 bits per heavy atom. The van der Waals surface area contributed by atoms with Crippen molar-refractivity contribution in [2.45, 2.75) is 36.7 Å². The summed E-state index contributed by atoms with van der Waals surface area (Å²) in [6, 6.07) is 7.47. The maximum absolute atomic E-state index is 13.4. The number of carbonyl (C=O) groups is 1. The molecular formula is C17H18FN3O2S. The van der Waals surface area contributed by atoms with Gasteiger partial charge in [-0.15, -0.1) is 0 Å². The lowest BCUT2D eigenvalue weighted by Gasteiger charge is -2.32. The van der Waals surface area contributed by atoms with Crippen LogP contribution in [0.1, 0.15) is 19.8 Å². The minimum Gasteiger partial charge on any atom is -0.328 e. The molecular weight excluding hydrogens is 329 g/mol. The highest BCUT2D eigenvalue weighted by Gasteiger charge is 2.31. The summed E-state index contributed by atoms with van der Waals surface area (Å²) in [6.45, 7) is 3.20. The van der Waals surface area contributed by atoms with Crippen molar-refractivity contribution in [2.75, 3.05) is 11.4 Å². The number of piperidine rings is 1. The third-order valence-corrected chi connectivity index (χ3v) is 5.20. The van der Waals surface area contributed by atoms with Crippen LogP contribution >= 0.6 is 11.8 Å². The fraction of sp³-hybridized carbons (Fsp3) is 0.353. The number of aryl methyl sites for hydroxylation is 1. The maximum Gasteiger partial charge on any atom is 0.273 e. The first-order valence-corrected chi connectivity index (χ1v) is 8.77. The van der Waals surface area contributed by atoms with Crippen LogP contribution in [0.25, 0.3) is 0 Å². The van der Waals surface area contributed by atoms with Crippen LogP contribution in [0.4, 0.5) is 10.1 Å². The van der Waals surface area contributed by atoms with Crippen molar-refractivity contribution >= 4 is 23.4 Å². The highest BCUT2D eigenvalue weighted by atomic mass is 32.2. The van der Waals surface area contributed by atoms with Crippen molar-refractivity contribution in [1.82, 2.24) is 9.55 Å². The van der Waals surface area contributed by atoms with E-state index in [2.05, 4.69) is 4.98 Å². The molecule has 1 aliphatic rings. The van der Waals surface area contributed by atoms with Crippen molar-refractivity contribution in [3.63, 3.8) is 0 Å². The molecule has 24 heavy (non-hydrogen) atoms. The Balaban J connectivity index is 1.83. The molecule has 3 rings (SSSR count). The van der Waals surface area contributed by atoms with Crippen LogP contribution < -0.4 is 10.5 Å². The van der Waals surface area contributed by atoms with Gasteiger partial charge in [0.25, 0.3) is 5.56 Å². The number of thioether (sulfide) groups is 1. The molecule has 1 fully saturated rings. The number of aromatic nitrogens is 2. The number of nitrogens with zero attached hydrogens (tertiary/aromatic N) is 3. The van der Waals surface area contributed by atoms with Crippen molar-refractivity contribution in [3.05, 3.63) is 52.7 Å². The zero-order valence-electron chi connectivity index (χ0n) is 13.3. The number of anilines is 1. The molecule has 1 atom stereocenters. The summed E-state index contributed by atoms with van der Waals surface area (Å²) < 4.78 is 15.3. The number of carbonyl (C=O) groups excluding carboxylic acids is 1. The molecule has 7 heteroatoms. The lowest BCUT2D eigenvalue weighted by molar-refractivity contribution is -0.119. The summed E-state index contributed by atoms with van der Waals surface area (Å²) in [7, 11) is 0. The van der Waals surface area contributed by atoms with Gasteiger partial charge >= 0.3 is 0 Å². The standard InChI is InChI=1S/C17H18FN3O2S/c1-2-20-10-8-15(22)19-17(20)24-14-7-4-9-21(16(14)23)13-6-3-5-12(18)11-13/h3,5-6,8,10-11,14H,2,4,7,9H2,1H3/t14-/m0/s1. The van der Waals surface area contributed by atoms with Crippen LogP contribution in [0.3, 0.4) is 0 Å². The highest BCUT2D eigenvalue weighted by molar-refractivity contribution is 8.00. The van der Waals surface area contributed by atoms with Gasteiger partial charge in [0.15, 0.2) is 5.16 Å². The summed E-state index contributed by atoms with van der Waals surface area (Å²) in [5, 5.41) is 0.221. The largest absolute Gasteiger partial charge is 0.328 e. The van der Waals surface area contributed by atoms with E-state index >= 15 is 0 Å². The maximum atomic E-state index is 13.4. The van der Waals surface area contributed by atoms with Crippen molar-refractivity contribution in [3.8, 4) is 0 Å². The average molecular weight is 347 g/mol. The molecule has 1 saturated heterocycles. The van der Waals surface area contributed by atoms with Gasteiger partial charge in [-0.25, -0.2) is 4.39 Å². The summed E-state index contributed by atoms with van der Waals surface area (Å²) in [5.74, 6) is -0.433. The molecule has 126 valence electrons. The van der Waals surface area contributed by atoms with Gasteiger partial charge in [-0.2, -0.15) is 4.98 Å². The van der Waals surface area contributed by atoms with E-state index in [9.17, 15) is 14.0 Å². The fourth-order valence-corrected chi connectivity index (χ4v) is 3.96. The number of halogens is 1. The zero-order chi connectivity index (χ0) is 17.1. The van der Waals surface area contributed by atoms with Gasteiger partial charge in [-0.1, -0.05) is 17.8 Å². The Morgan fingerprint density at radius 1 is 1.33 bits per heavy atom. The summed E-state index contributed by atoms with van der Waals surface area (Å²) in [5.41, 5.74) is 0.256. The van der Waals surface area contributed by atoms with Crippen LogP contribution in [-0.4, -0.2) is 27.3 Å². The lowest BCUT2D eigenvalue weighted by atomic mass is 10.1. The molecule has 1 amide bonds. The lowest BCUT2D eigenvalue weighted by Crippen LogP contribution is -2.43. The van der Waals surface area contributed by atoms with E-state index in [0.29, 0.717) is 30.4 Å². The molecule has 0 unspecified atom stereocenters. The second kappa shape index (κ2) is 7.17. The van der Waals surface area contributed by atoms with E-state index in [1.807, 2.05) is 11.5 Å². The molecule has 0 spiro atoms. The third kappa shape index (κ3) is 3.51. The molecule has 0 bridgehead atoms. The monoisotopic (exact) mass is 347 g/mol. The third-order valence-electron chi connectivity index (χ3n) is 3.95. The molecule has 5 nitrogen and oxygen atoms in total. The van der Waals surface area contributed by atoms with Crippen LogP contribution in [0, 0.1) is 5.82 Å². The second-order valence-electron chi connectivity index (χ2n) is 5.55. The van der Waals surface area contributed by atoms with Gasteiger partial charge in [0.05, 0.1) is 5.25 Å². The van der Waals surface area contributed by atoms with Crippen molar-refractivity contribution in [1.29, 1.82) is 0 Å². The van der Waals surface area contributed by atoms with Crippen LogP contribution in [0.5, 0.6) is 0 Å². The summed E-state index contributed by atoms with van der Waals surface area (Å²) >= 11 is 1.31. The molecule has 1 aromatic carbocycles. The normalized spacial score (nSPS) is 18.0. The van der Waals surface area contributed by atoms with Crippen LogP contribution in [0.15, 0.2) is 46.5 Å². The molecule has 0 radical (unpaired) electrons. The molecule has 0 N–H and O–H groups in total.